The van der Waals surface area contributed by atoms with Crippen molar-refractivity contribution in [1.29, 1.82) is 0 Å². The van der Waals surface area contributed by atoms with Crippen molar-refractivity contribution >= 4 is 11.8 Å². The number of rotatable bonds is 2. The molecule has 18 heavy (non-hydrogen) atoms. The highest BCUT2D eigenvalue weighted by Gasteiger charge is 2.32. The van der Waals surface area contributed by atoms with Crippen molar-refractivity contribution in [3.8, 4) is 0 Å². The van der Waals surface area contributed by atoms with Crippen LogP contribution in [0.25, 0.3) is 0 Å². The lowest BCUT2D eigenvalue weighted by atomic mass is 9.84. The Labute approximate surface area is 106 Å². The van der Waals surface area contributed by atoms with Gasteiger partial charge in [-0.25, -0.2) is 0 Å². The van der Waals surface area contributed by atoms with Gasteiger partial charge < -0.3 is 5.11 Å². The molecule has 1 heterocycles. The molecule has 1 aliphatic rings. The summed E-state index contributed by atoms with van der Waals surface area (Å²) in [5.41, 5.74) is 1.93. The molecule has 98 valence electrons. The van der Waals surface area contributed by atoms with Gasteiger partial charge in [0.1, 0.15) is 6.54 Å². The van der Waals surface area contributed by atoms with Gasteiger partial charge in [0.15, 0.2) is 5.78 Å². The van der Waals surface area contributed by atoms with Gasteiger partial charge in [-0.15, -0.1) is 0 Å². The number of aliphatic carboxylic acids is 1. The van der Waals surface area contributed by atoms with Gasteiger partial charge in [0.2, 0.25) is 0 Å². The van der Waals surface area contributed by atoms with Gasteiger partial charge in [-0.05, 0) is 12.8 Å². The van der Waals surface area contributed by atoms with Crippen LogP contribution in [0.5, 0.6) is 0 Å². The Morgan fingerprint density at radius 2 is 2.06 bits per heavy atom. The smallest absolute Gasteiger partial charge is 0.325 e. The molecule has 0 fully saturated rings. The lowest BCUT2D eigenvalue weighted by Gasteiger charge is -2.19. The van der Waals surface area contributed by atoms with Crippen molar-refractivity contribution in [1.82, 2.24) is 9.78 Å². The normalized spacial score (nSPS) is 15.6. The Bertz CT molecular complexity index is 509. The molecule has 1 N–H and O–H groups in total. The van der Waals surface area contributed by atoms with Crippen LogP contribution in [0.15, 0.2) is 0 Å². The maximum Gasteiger partial charge on any atom is 0.325 e. The van der Waals surface area contributed by atoms with Crippen LogP contribution in [0.1, 0.15) is 55.4 Å². The number of hydrogen-bond donors (Lipinski definition) is 1. The van der Waals surface area contributed by atoms with Crippen molar-refractivity contribution < 1.29 is 14.7 Å². The van der Waals surface area contributed by atoms with Crippen LogP contribution in [0.3, 0.4) is 0 Å². The minimum atomic E-state index is -0.932. The Morgan fingerprint density at radius 1 is 1.39 bits per heavy atom. The second kappa shape index (κ2) is 4.23. The van der Waals surface area contributed by atoms with Gasteiger partial charge in [0, 0.05) is 11.8 Å². The molecule has 0 aromatic carbocycles. The van der Waals surface area contributed by atoms with Crippen molar-refractivity contribution in [2.45, 2.75) is 52.0 Å². The van der Waals surface area contributed by atoms with E-state index in [1.165, 1.54) is 4.68 Å². The van der Waals surface area contributed by atoms with E-state index < -0.39 is 5.97 Å². The predicted octanol–water partition coefficient (Wildman–Crippen LogP) is 1.78. The molecule has 0 atom stereocenters. The average Bonchev–Trinajstić information content (AvgIpc) is 2.57. The van der Waals surface area contributed by atoms with E-state index in [2.05, 4.69) is 5.10 Å². The van der Waals surface area contributed by atoms with Crippen molar-refractivity contribution in [2.75, 3.05) is 0 Å². The lowest BCUT2D eigenvalue weighted by molar-refractivity contribution is -0.137. The number of carboxylic acids is 1. The second-order valence-electron chi connectivity index (χ2n) is 5.75. The van der Waals surface area contributed by atoms with E-state index in [0.717, 1.165) is 24.2 Å². The number of hydrogen-bond acceptors (Lipinski definition) is 3. The quantitative estimate of drug-likeness (QED) is 0.868. The fraction of sp³-hybridized carbons (Fsp3) is 0.615. The van der Waals surface area contributed by atoms with Crippen LogP contribution in [0.4, 0.5) is 0 Å². The Kier molecular flexibility index (Phi) is 3.00. The van der Waals surface area contributed by atoms with Crippen molar-refractivity contribution in [2.24, 2.45) is 0 Å². The fourth-order valence-electron chi connectivity index (χ4n) is 2.37. The van der Waals surface area contributed by atoms with Crippen LogP contribution in [-0.4, -0.2) is 26.6 Å². The topological polar surface area (TPSA) is 72.2 Å². The van der Waals surface area contributed by atoms with E-state index in [0.29, 0.717) is 12.0 Å². The Hall–Kier alpha value is -1.65. The third-order valence-electron chi connectivity index (χ3n) is 3.15. The summed E-state index contributed by atoms with van der Waals surface area (Å²) in [5, 5.41) is 13.3. The van der Waals surface area contributed by atoms with Crippen LogP contribution in [0.2, 0.25) is 0 Å². The Morgan fingerprint density at radius 3 is 2.61 bits per heavy atom. The first-order valence-electron chi connectivity index (χ1n) is 6.16. The molecular weight excluding hydrogens is 232 g/mol. The van der Waals surface area contributed by atoms with E-state index in [-0.39, 0.29) is 17.7 Å². The highest BCUT2D eigenvalue weighted by molar-refractivity contribution is 5.99. The van der Waals surface area contributed by atoms with E-state index >= 15 is 0 Å². The summed E-state index contributed by atoms with van der Waals surface area (Å²) in [5.74, 6) is -0.836. The maximum absolute atomic E-state index is 12.1. The molecule has 1 aliphatic carbocycles. The van der Waals surface area contributed by atoms with E-state index in [1.54, 1.807) is 0 Å². The summed E-state index contributed by atoms with van der Waals surface area (Å²) < 4.78 is 1.48. The summed E-state index contributed by atoms with van der Waals surface area (Å²) in [4.78, 5) is 22.9. The van der Waals surface area contributed by atoms with Gasteiger partial charge in [-0.3, -0.25) is 14.3 Å². The molecule has 0 saturated carbocycles. The molecule has 0 saturated heterocycles. The number of nitrogens with zero attached hydrogens (tertiary/aromatic N) is 2. The molecule has 2 rings (SSSR count). The number of carbonyl (C=O) groups excluding carboxylic acids is 1. The number of carbonyl (C=O) groups is 2. The van der Waals surface area contributed by atoms with Crippen LogP contribution in [-0.2, 0) is 23.2 Å². The van der Waals surface area contributed by atoms with Gasteiger partial charge in [-0.2, -0.15) is 5.10 Å². The minimum absolute atomic E-state index is 0.0952. The first-order valence-corrected chi connectivity index (χ1v) is 6.16. The molecule has 5 nitrogen and oxygen atoms in total. The number of aromatic nitrogens is 2. The molecule has 0 bridgehead atoms. The van der Waals surface area contributed by atoms with Crippen molar-refractivity contribution in [3.05, 3.63) is 17.0 Å². The molecule has 1 aromatic rings. The van der Waals surface area contributed by atoms with Crippen molar-refractivity contribution in [3.63, 3.8) is 0 Å². The number of carboxylic acid groups (broad SMARTS) is 1. The zero-order valence-electron chi connectivity index (χ0n) is 11.0. The molecule has 5 heteroatoms. The third-order valence-corrected chi connectivity index (χ3v) is 3.15. The molecule has 0 radical (unpaired) electrons. The number of fused-ring (bicyclic) bond motifs is 1. The maximum atomic E-state index is 12.1. The van der Waals surface area contributed by atoms with E-state index in [1.807, 2.05) is 20.8 Å². The predicted molar refractivity (Wildman–Crippen MR) is 65.8 cm³/mol. The molecule has 1 aromatic heterocycles. The minimum Gasteiger partial charge on any atom is -0.480 e. The van der Waals surface area contributed by atoms with Crippen LogP contribution in [0, 0.1) is 0 Å². The largest absolute Gasteiger partial charge is 0.480 e. The summed E-state index contributed by atoms with van der Waals surface area (Å²) in [6.07, 6.45) is 2.05. The molecule has 0 amide bonds. The standard InChI is InChI=1S/C13H18N2O3/c1-13(2,3)12-11-8(5-4-6-9(11)16)15(14-12)7-10(17)18/h4-7H2,1-3H3,(H,17,18). The second-order valence-corrected chi connectivity index (χ2v) is 5.75. The third kappa shape index (κ3) is 2.17. The number of Topliss-reactive ketones (excluding diaryl/α,β-unsaturated/α-hetero) is 1. The lowest BCUT2D eigenvalue weighted by Crippen LogP contribution is -2.19. The summed E-state index contributed by atoms with van der Waals surface area (Å²) in [6.45, 7) is 5.79. The zero-order chi connectivity index (χ0) is 13.5. The van der Waals surface area contributed by atoms with Gasteiger partial charge in [0.25, 0.3) is 0 Å². The first-order chi connectivity index (χ1) is 8.30. The molecule has 0 aliphatic heterocycles. The molecule has 0 unspecified atom stereocenters. The monoisotopic (exact) mass is 250 g/mol. The summed E-state index contributed by atoms with van der Waals surface area (Å²) >= 11 is 0. The van der Waals surface area contributed by atoms with Gasteiger partial charge in [-0.1, -0.05) is 20.8 Å². The summed E-state index contributed by atoms with van der Waals surface area (Å²) in [7, 11) is 0. The SMILES string of the molecule is CC(C)(C)c1nn(CC(=O)O)c2c1C(=O)CCC2. The first kappa shape index (κ1) is 12.8. The Balaban J connectivity index is 2.58. The highest BCUT2D eigenvalue weighted by atomic mass is 16.4. The van der Waals surface area contributed by atoms with Crippen LogP contribution < -0.4 is 0 Å². The average molecular weight is 250 g/mol. The molecular formula is C13H18N2O3. The van der Waals surface area contributed by atoms with Crippen LogP contribution >= 0.6 is 0 Å². The van der Waals surface area contributed by atoms with Gasteiger partial charge in [0.05, 0.1) is 17.0 Å². The summed E-state index contributed by atoms with van der Waals surface area (Å²) in [6, 6.07) is 0. The van der Waals surface area contributed by atoms with Gasteiger partial charge >= 0.3 is 5.97 Å². The van der Waals surface area contributed by atoms with E-state index in [4.69, 9.17) is 5.11 Å². The molecule has 0 spiro atoms. The van der Waals surface area contributed by atoms with E-state index in [9.17, 15) is 9.59 Å². The number of ketones is 1. The fourth-order valence-corrected chi connectivity index (χ4v) is 2.37. The zero-order valence-corrected chi connectivity index (χ0v) is 11.0. The highest BCUT2D eigenvalue weighted by Crippen LogP contribution is 2.31.